The van der Waals surface area contributed by atoms with E-state index in [0.717, 1.165) is 25.4 Å². The Morgan fingerprint density at radius 1 is 0.800 bits per heavy atom. The van der Waals surface area contributed by atoms with Crippen LogP contribution in [0.2, 0.25) is 0 Å². The lowest BCUT2D eigenvalue weighted by atomic mass is 10.0. The topological polar surface area (TPSA) is 12.0 Å². The summed E-state index contributed by atoms with van der Waals surface area (Å²) >= 11 is 0. The highest BCUT2D eigenvalue weighted by Crippen LogP contribution is 2.09. The standard InChI is InChI=1S/C19H25N/c1-16(2)14-18-8-10-19(11-9-18)15-20-13-12-17-6-4-3-5-7-17/h3-11,16,20H,12-15H2,1-2H3. The monoisotopic (exact) mass is 267 g/mol. The number of benzene rings is 2. The molecule has 20 heavy (non-hydrogen) atoms. The van der Waals surface area contributed by atoms with E-state index in [2.05, 4.69) is 73.8 Å². The number of hydrogen-bond donors (Lipinski definition) is 1. The van der Waals surface area contributed by atoms with Crippen molar-refractivity contribution in [2.24, 2.45) is 5.92 Å². The minimum atomic E-state index is 0.727. The van der Waals surface area contributed by atoms with Crippen LogP contribution in [0.4, 0.5) is 0 Å². The Hall–Kier alpha value is -1.60. The van der Waals surface area contributed by atoms with Gasteiger partial charge in [-0.15, -0.1) is 0 Å². The maximum atomic E-state index is 3.51. The van der Waals surface area contributed by atoms with E-state index in [9.17, 15) is 0 Å². The second-order valence-electron chi connectivity index (χ2n) is 5.83. The fourth-order valence-electron chi connectivity index (χ4n) is 2.37. The highest BCUT2D eigenvalue weighted by atomic mass is 14.8. The van der Waals surface area contributed by atoms with Crippen LogP contribution in [0.1, 0.15) is 30.5 Å². The first-order valence-corrected chi connectivity index (χ1v) is 7.56. The molecule has 0 bridgehead atoms. The van der Waals surface area contributed by atoms with Crippen LogP contribution in [0.25, 0.3) is 0 Å². The van der Waals surface area contributed by atoms with E-state index >= 15 is 0 Å². The number of hydrogen-bond acceptors (Lipinski definition) is 1. The molecule has 0 aliphatic heterocycles. The maximum absolute atomic E-state index is 3.51. The highest BCUT2D eigenvalue weighted by molar-refractivity contribution is 5.22. The summed E-state index contributed by atoms with van der Waals surface area (Å²) in [5, 5.41) is 3.51. The van der Waals surface area contributed by atoms with Gasteiger partial charge in [0, 0.05) is 6.54 Å². The molecule has 0 unspecified atom stereocenters. The third-order valence-electron chi connectivity index (χ3n) is 3.43. The zero-order valence-electron chi connectivity index (χ0n) is 12.6. The molecule has 1 nitrogen and oxygen atoms in total. The number of rotatable bonds is 7. The van der Waals surface area contributed by atoms with Crippen LogP contribution in [0.3, 0.4) is 0 Å². The van der Waals surface area contributed by atoms with Gasteiger partial charge in [0.2, 0.25) is 0 Å². The first kappa shape index (κ1) is 14.8. The summed E-state index contributed by atoms with van der Waals surface area (Å²) in [6, 6.07) is 19.6. The van der Waals surface area contributed by atoms with Gasteiger partial charge in [-0.25, -0.2) is 0 Å². The Balaban J connectivity index is 1.71. The molecule has 0 spiro atoms. The van der Waals surface area contributed by atoms with Crippen molar-refractivity contribution in [1.82, 2.24) is 5.32 Å². The molecule has 106 valence electrons. The molecule has 0 aliphatic carbocycles. The third-order valence-corrected chi connectivity index (χ3v) is 3.43. The molecular weight excluding hydrogens is 242 g/mol. The first-order chi connectivity index (χ1) is 9.74. The summed E-state index contributed by atoms with van der Waals surface area (Å²) in [7, 11) is 0. The van der Waals surface area contributed by atoms with E-state index in [1.807, 2.05) is 0 Å². The molecule has 2 rings (SSSR count). The van der Waals surface area contributed by atoms with Gasteiger partial charge < -0.3 is 5.32 Å². The van der Waals surface area contributed by atoms with Crippen molar-refractivity contribution in [2.75, 3.05) is 6.54 Å². The molecule has 0 atom stereocenters. The normalized spacial score (nSPS) is 10.9. The summed E-state index contributed by atoms with van der Waals surface area (Å²) in [4.78, 5) is 0. The molecular formula is C19H25N. The van der Waals surface area contributed by atoms with Gasteiger partial charge in [0.25, 0.3) is 0 Å². The van der Waals surface area contributed by atoms with E-state index < -0.39 is 0 Å². The average molecular weight is 267 g/mol. The molecule has 2 aromatic rings. The predicted octanol–water partition coefficient (Wildman–Crippen LogP) is 4.22. The van der Waals surface area contributed by atoms with Gasteiger partial charge >= 0.3 is 0 Å². The van der Waals surface area contributed by atoms with Crippen LogP contribution < -0.4 is 5.32 Å². The SMILES string of the molecule is CC(C)Cc1ccc(CNCCc2ccccc2)cc1. The van der Waals surface area contributed by atoms with Gasteiger partial charge in [-0.3, -0.25) is 0 Å². The number of nitrogens with one attached hydrogen (secondary N) is 1. The lowest BCUT2D eigenvalue weighted by Gasteiger charge is -2.08. The summed E-state index contributed by atoms with van der Waals surface area (Å²) < 4.78 is 0. The molecule has 0 aliphatic rings. The summed E-state index contributed by atoms with van der Waals surface area (Å²) in [6.07, 6.45) is 2.26. The molecule has 2 aromatic carbocycles. The summed E-state index contributed by atoms with van der Waals surface area (Å²) in [6.45, 7) is 6.50. The van der Waals surface area contributed by atoms with Crippen LogP contribution in [0.5, 0.6) is 0 Å². The van der Waals surface area contributed by atoms with Crippen LogP contribution in [0, 0.1) is 5.92 Å². The van der Waals surface area contributed by atoms with Gasteiger partial charge in [-0.1, -0.05) is 68.4 Å². The molecule has 0 amide bonds. The second kappa shape index (κ2) is 7.86. The Labute approximate surface area is 123 Å². The van der Waals surface area contributed by atoms with Crippen molar-refractivity contribution in [2.45, 2.75) is 33.2 Å². The van der Waals surface area contributed by atoms with Crippen molar-refractivity contribution in [3.05, 3.63) is 71.3 Å². The second-order valence-corrected chi connectivity index (χ2v) is 5.83. The molecule has 0 radical (unpaired) electrons. The van der Waals surface area contributed by atoms with Gasteiger partial charge in [-0.05, 0) is 42.0 Å². The molecule has 0 aromatic heterocycles. The van der Waals surface area contributed by atoms with Gasteiger partial charge in [0.1, 0.15) is 0 Å². The Morgan fingerprint density at radius 3 is 2.10 bits per heavy atom. The largest absolute Gasteiger partial charge is 0.312 e. The van der Waals surface area contributed by atoms with Crippen molar-refractivity contribution in [3.63, 3.8) is 0 Å². The predicted molar refractivity (Wildman–Crippen MR) is 86.8 cm³/mol. The van der Waals surface area contributed by atoms with Gasteiger partial charge in [-0.2, -0.15) is 0 Å². The van der Waals surface area contributed by atoms with Gasteiger partial charge in [0.05, 0.1) is 0 Å². The smallest absolute Gasteiger partial charge is 0.0205 e. The Bertz CT molecular complexity index is 485. The van der Waals surface area contributed by atoms with Crippen molar-refractivity contribution >= 4 is 0 Å². The molecule has 0 heterocycles. The Kier molecular flexibility index (Phi) is 5.82. The molecule has 1 heteroatoms. The molecule has 1 N–H and O–H groups in total. The molecule has 0 saturated heterocycles. The maximum Gasteiger partial charge on any atom is 0.0205 e. The minimum Gasteiger partial charge on any atom is -0.312 e. The van der Waals surface area contributed by atoms with Crippen LogP contribution in [-0.2, 0) is 19.4 Å². The van der Waals surface area contributed by atoms with E-state index in [0.29, 0.717) is 0 Å². The van der Waals surface area contributed by atoms with Crippen molar-refractivity contribution in [3.8, 4) is 0 Å². The van der Waals surface area contributed by atoms with Crippen molar-refractivity contribution in [1.29, 1.82) is 0 Å². The van der Waals surface area contributed by atoms with Crippen LogP contribution >= 0.6 is 0 Å². The van der Waals surface area contributed by atoms with E-state index in [1.165, 1.54) is 23.1 Å². The fraction of sp³-hybridized carbons (Fsp3) is 0.368. The summed E-state index contributed by atoms with van der Waals surface area (Å²) in [5.74, 6) is 0.727. The Morgan fingerprint density at radius 2 is 1.45 bits per heavy atom. The zero-order valence-corrected chi connectivity index (χ0v) is 12.6. The van der Waals surface area contributed by atoms with Crippen LogP contribution in [-0.4, -0.2) is 6.54 Å². The fourth-order valence-corrected chi connectivity index (χ4v) is 2.37. The summed E-state index contributed by atoms with van der Waals surface area (Å²) in [5.41, 5.74) is 4.20. The van der Waals surface area contributed by atoms with Gasteiger partial charge in [0.15, 0.2) is 0 Å². The third kappa shape index (κ3) is 5.18. The quantitative estimate of drug-likeness (QED) is 0.741. The minimum absolute atomic E-state index is 0.727. The molecule has 0 saturated carbocycles. The van der Waals surface area contributed by atoms with E-state index in [1.54, 1.807) is 0 Å². The highest BCUT2D eigenvalue weighted by Gasteiger charge is 1.98. The lowest BCUT2D eigenvalue weighted by Crippen LogP contribution is -2.16. The van der Waals surface area contributed by atoms with Crippen molar-refractivity contribution < 1.29 is 0 Å². The lowest BCUT2D eigenvalue weighted by molar-refractivity contribution is 0.646. The first-order valence-electron chi connectivity index (χ1n) is 7.56. The van der Waals surface area contributed by atoms with Crippen LogP contribution in [0.15, 0.2) is 54.6 Å². The average Bonchev–Trinajstić information content (AvgIpc) is 2.46. The molecule has 0 fully saturated rings. The van der Waals surface area contributed by atoms with E-state index in [4.69, 9.17) is 0 Å². The zero-order chi connectivity index (χ0) is 14.2. The van der Waals surface area contributed by atoms with E-state index in [-0.39, 0.29) is 0 Å².